The van der Waals surface area contributed by atoms with E-state index < -0.39 is 4.92 Å². The summed E-state index contributed by atoms with van der Waals surface area (Å²) in [5, 5.41) is 21.4. The Morgan fingerprint density at radius 2 is 2.06 bits per heavy atom. The number of aryl methyl sites for hydroxylation is 1. The molecule has 3 aromatic carbocycles. The number of rotatable bonds is 6. The van der Waals surface area contributed by atoms with E-state index in [9.17, 15) is 15.2 Å². The first-order valence-corrected chi connectivity index (χ1v) is 9.58. The number of aromatic nitrogens is 1. The molecule has 8 nitrogen and oxygen atoms in total. The van der Waals surface area contributed by atoms with Crippen molar-refractivity contribution in [2.75, 3.05) is 7.11 Å². The highest BCUT2D eigenvalue weighted by Crippen LogP contribution is 2.34. The third-order valence-electron chi connectivity index (χ3n) is 4.83. The van der Waals surface area contributed by atoms with Gasteiger partial charge in [-0.05, 0) is 42.3 Å². The first-order valence-electron chi connectivity index (χ1n) is 9.58. The minimum Gasteiger partial charge on any atom is -0.504 e. The van der Waals surface area contributed by atoms with Crippen LogP contribution in [0.5, 0.6) is 11.5 Å². The minimum absolute atomic E-state index is 0.00215. The molecule has 0 saturated heterocycles. The van der Waals surface area contributed by atoms with Crippen LogP contribution in [-0.2, 0) is 6.42 Å². The Kier molecular flexibility index (Phi) is 5.36. The summed E-state index contributed by atoms with van der Waals surface area (Å²) in [5.74, 6) is 0.251. The maximum absolute atomic E-state index is 11.1. The lowest BCUT2D eigenvalue weighted by atomic mass is 10.1. The molecule has 0 saturated carbocycles. The molecule has 8 heteroatoms. The number of non-ortho nitro benzene ring substituents is 1. The van der Waals surface area contributed by atoms with Gasteiger partial charge in [0, 0.05) is 23.4 Å². The number of hydrogen-bond acceptors (Lipinski definition) is 7. The summed E-state index contributed by atoms with van der Waals surface area (Å²) in [5.41, 5.74) is 3.95. The molecule has 0 amide bonds. The maximum Gasteiger partial charge on any atom is 0.274 e. The van der Waals surface area contributed by atoms with Gasteiger partial charge >= 0.3 is 0 Å². The number of nitro groups is 1. The second-order valence-electron chi connectivity index (χ2n) is 6.83. The van der Waals surface area contributed by atoms with Gasteiger partial charge in [0.25, 0.3) is 5.69 Å². The van der Waals surface area contributed by atoms with E-state index in [1.165, 1.54) is 25.0 Å². The van der Waals surface area contributed by atoms with E-state index in [1.807, 2.05) is 30.3 Å². The predicted molar refractivity (Wildman–Crippen MR) is 117 cm³/mol. The third kappa shape index (κ3) is 4.09. The lowest BCUT2D eigenvalue weighted by Crippen LogP contribution is -1.94. The number of aromatic hydroxyl groups is 1. The molecule has 0 atom stereocenters. The van der Waals surface area contributed by atoms with Gasteiger partial charge < -0.3 is 14.3 Å². The van der Waals surface area contributed by atoms with Gasteiger partial charge in [-0.3, -0.25) is 15.1 Å². The maximum atomic E-state index is 11.1. The second-order valence-corrected chi connectivity index (χ2v) is 6.83. The van der Waals surface area contributed by atoms with Gasteiger partial charge in [-0.15, -0.1) is 0 Å². The summed E-state index contributed by atoms with van der Waals surface area (Å²) in [6.45, 7) is 2.08. The molecule has 0 spiro atoms. The Balaban J connectivity index is 1.67. The van der Waals surface area contributed by atoms with Gasteiger partial charge in [-0.2, -0.15) is 0 Å². The molecule has 4 aromatic rings. The monoisotopic (exact) mass is 417 g/mol. The normalized spacial score (nSPS) is 11.3. The van der Waals surface area contributed by atoms with Crippen LogP contribution in [-0.4, -0.2) is 28.3 Å². The van der Waals surface area contributed by atoms with Crippen LogP contribution in [0.4, 0.5) is 11.4 Å². The lowest BCUT2D eigenvalue weighted by Gasteiger charge is -2.06. The van der Waals surface area contributed by atoms with Gasteiger partial charge in [0.1, 0.15) is 5.52 Å². The van der Waals surface area contributed by atoms with Crippen molar-refractivity contribution in [3.05, 3.63) is 75.8 Å². The van der Waals surface area contributed by atoms with E-state index in [4.69, 9.17) is 9.15 Å². The number of oxazole rings is 1. The summed E-state index contributed by atoms with van der Waals surface area (Å²) in [4.78, 5) is 19.5. The smallest absolute Gasteiger partial charge is 0.274 e. The topological polar surface area (TPSA) is 111 Å². The van der Waals surface area contributed by atoms with Crippen LogP contribution in [0, 0.1) is 10.1 Å². The van der Waals surface area contributed by atoms with Crippen molar-refractivity contribution in [2.45, 2.75) is 13.3 Å². The number of aliphatic imine (C=N–C) groups is 1. The SMILES string of the molecule is CCc1ccc2oc(-c3cccc(N=Cc4cc([N+](=O)[O-])cc(OC)c4O)c3)nc2c1. The molecular weight excluding hydrogens is 398 g/mol. The molecule has 0 unspecified atom stereocenters. The molecule has 0 aliphatic rings. The number of ether oxygens (including phenoxy) is 1. The lowest BCUT2D eigenvalue weighted by molar-refractivity contribution is -0.385. The molecule has 1 N–H and O–H groups in total. The van der Waals surface area contributed by atoms with E-state index in [0.29, 0.717) is 17.2 Å². The summed E-state index contributed by atoms with van der Waals surface area (Å²) in [6, 6.07) is 15.5. The Bertz CT molecular complexity index is 1310. The highest BCUT2D eigenvalue weighted by molar-refractivity contribution is 5.88. The number of benzene rings is 3. The molecule has 1 heterocycles. The summed E-state index contributed by atoms with van der Waals surface area (Å²) < 4.78 is 10.9. The van der Waals surface area contributed by atoms with Crippen molar-refractivity contribution < 1.29 is 19.2 Å². The predicted octanol–water partition coefficient (Wildman–Crippen LogP) is 5.43. The number of phenolic OH excluding ortho intramolecular Hbond substituents is 1. The number of hydrogen-bond donors (Lipinski definition) is 1. The Morgan fingerprint density at radius 1 is 1.23 bits per heavy atom. The summed E-state index contributed by atoms with van der Waals surface area (Å²) >= 11 is 0. The highest BCUT2D eigenvalue weighted by atomic mass is 16.6. The largest absolute Gasteiger partial charge is 0.504 e. The molecule has 0 aliphatic heterocycles. The fraction of sp³-hybridized carbons (Fsp3) is 0.130. The fourth-order valence-electron chi connectivity index (χ4n) is 3.15. The van der Waals surface area contributed by atoms with Crippen LogP contribution in [0.1, 0.15) is 18.1 Å². The zero-order chi connectivity index (χ0) is 22.0. The quantitative estimate of drug-likeness (QED) is 0.254. The molecule has 1 aromatic heterocycles. The molecule has 156 valence electrons. The number of nitro benzene ring substituents is 1. The summed E-state index contributed by atoms with van der Waals surface area (Å²) in [6.07, 6.45) is 2.27. The molecule has 4 rings (SSSR count). The molecular formula is C23H19N3O5. The van der Waals surface area contributed by atoms with Gasteiger partial charge in [-0.25, -0.2) is 4.98 Å². The average Bonchev–Trinajstić information content (AvgIpc) is 3.21. The van der Waals surface area contributed by atoms with Crippen LogP contribution in [0.2, 0.25) is 0 Å². The molecule has 31 heavy (non-hydrogen) atoms. The Morgan fingerprint density at radius 3 is 2.81 bits per heavy atom. The zero-order valence-corrected chi connectivity index (χ0v) is 16.9. The molecule has 0 bridgehead atoms. The Hall–Kier alpha value is -4.20. The van der Waals surface area contributed by atoms with E-state index in [-0.39, 0.29) is 22.7 Å². The minimum atomic E-state index is -0.558. The number of nitrogens with zero attached hydrogens (tertiary/aromatic N) is 3. The highest BCUT2D eigenvalue weighted by Gasteiger charge is 2.16. The van der Waals surface area contributed by atoms with Gasteiger partial charge in [0.05, 0.1) is 23.8 Å². The van der Waals surface area contributed by atoms with Gasteiger partial charge in [0.2, 0.25) is 5.89 Å². The first-order chi connectivity index (χ1) is 15.0. The van der Waals surface area contributed by atoms with E-state index in [0.717, 1.165) is 23.6 Å². The molecule has 0 radical (unpaired) electrons. The molecule has 0 fully saturated rings. The van der Waals surface area contributed by atoms with Crippen LogP contribution in [0.25, 0.3) is 22.6 Å². The second kappa shape index (κ2) is 8.27. The molecule has 0 aliphatic carbocycles. The van der Waals surface area contributed by atoms with Crippen molar-refractivity contribution in [1.82, 2.24) is 4.98 Å². The zero-order valence-electron chi connectivity index (χ0n) is 16.9. The average molecular weight is 417 g/mol. The summed E-state index contributed by atoms with van der Waals surface area (Å²) in [7, 11) is 1.33. The van der Waals surface area contributed by atoms with Gasteiger partial charge in [-0.1, -0.05) is 19.1 Å². The number of phenols is 1. The van der Waals surface area contributed by atoms with Crippen LogP contribution in [0.3, 0.4) is 0 Å². The fourth-order valence-corrected chi connectivity index (χ4v) is 3.15. The van der Waals surface area contributed by atoms with Crippen molar-refractivity contribution in [3.8, 4) is 23.0 Å². The van der Waals surface area contributed by atoms with E-state index in [1.54, 1.807) is 12.1 Å². The van der Waals surface area contributed by atoms with Crippen molar-refractivity contribution in [2.24, 2.45) is 4.99 Å². The number of fused-ring (bicyclic) bond motifs is 1. The van der Waals surface area contributed by atoms with Crippen LogP contribution < -0.4 is 4.74 Å². The van der Waals surface area contributed by atoms with E-state index in [2.05, 4.69) is 16.9 Å². The van der Waals surface area contributed by atoms with Crippen molar-refractivity contribution in [3.63, 3.8) is 0 Å². The van der Waals surface area contributed by atoms with Crippen molar-refractivity contribution >= 4 is 28.7 Å². The van der Waals surface area contributed by atoms with Crippen molar-refractivity contribution in [1.29, 1.82) is 0 Å². The van der Waals surface area contributed by atoms with Crippen LogP contribution >= 0.6 is 0 Å². The van der Waals surface area contributed by atoms with E-state index >= 15 is 0 Å². The number of methoxy groups -OCH3 is 1. The Labute approximate surface area is 177 Å². The standard InChI is InChI=1S/C23H19N3O5/c1-3-14-7-8-20-19(9-14)25-23(31-20)15-5-4-6-17(10-15)24-13-16-11-18(26(28)29)12-21(30-2)22(16)27/h4-13,27H,3H2,1-2H3. The van der Waals surface area contributed by atoms with Gasteiger partial charge in [0.15, 0.2) is 17.1 Å². The van der Waals surface area contributed by atoms with Crippen LogP contribution in [0.15, 0.2) is 64.0 Å². The third-order valence-corrected chi connectivity index (χ3v) is 4.83. The first kappa shape index (κ1) is 20.1.